The first-order chi connectivity index (χ1) is 7.70. The largest absolute Gasteiger partial charge is 0.490 e. The van der Waals surface area contributed by atoms with Gasteiger partial charge in [-0.05, 0) is 36.3 Å². The van der Waals surface area contributed by atoms with Crippen LogP contribution in [-0.4, -0.2) is 10.9 Å². The molecule has 0 aromatic heterocycles. The molecular formula is C14H17BrO. The summed E-state index contributed by atoms with van der Waals surface area (Å²) in [5.74, 6) is 1.10. The van der Waals surface area contributed by atoms with E-state index in [0.29, 0.717) is 16.3 Å². The second-order valence-corrected chi connectivity index (χ2v) is 6.61. The maximum Gasteiger partial charge on any atom is 0.123 e. The number of hydrogen-bond acceptors (Lipinski definition) is 1. The molecule has 2 aliphatic rings. The van der Waals surface area contributed by atoms with Crippen molar-refractivity contribution in [1.29, 1.82) is 0 Å². The minimum absolute atomic E-state index is 0.403. The molecule has 1 saturated carbocycles. The Morgan fingerprint density at radius 2 is 2.19 bits per heavy atom. The van der Waals surface area contributed by atoms with Crippen LogP contribution in [-0.2, 0) is 6.42 Å². The summed E-state index contributed by atoms with van der Waals surface area (Å²) in [4.78, 5) is 0.618. The highest BCUT2D eigenvalue weighted by atomic mass is 79.9. The van der Waals surface area contributed by atoms with Gasteiger partial charge in [0.25, 0.3) is 0 Å². The molecule has 1 aliphatic carbocycles. The lowest BCUT2D eigenvalue weighted by Gasteiger charge is -2.21. The van der Waals surface area contributed by atoms with Gasteiger partial charge >= 0.3 is 0 Å². The molecule has 1 heterocycles. The standard InChI is InChI=1S/C14H17BrO/c1-10(15)14(6-7-14)9-12-8-11-4-2-3-5-13(11)16-12/h2-5,10,12H,6-9H2,1H3. The highest BCUT2D eigenvalue weighted by Crippen LogP contribution is 2.56. The second-order valence-electron chi connectivity index (χ2n) is 5.23. The number of rotatable bonds is 3. The number of hydrogen-bond donors (Lipinski definition) is 0. The van der Waals surface area contributed by atoms with Gasteiger partial charge in [0.05, 0.1) is 0 Å². The smallest absolute Gasteiger partial charge is 0.123 e. The number of benzene rings is 1. The van der Waals surface area contributed by atoms with E-state index in [0.717, 1.165) is 12.2 Å². The number of fused-ring (bicyclic) bond motifs is 1. The summed E-state index contributed by atoms with van der Waals surface area (Å²) in [5.41, 5.74) is 1.90. The molecular weight excluding hydrogens is 264 g/mol. The Labute approximate surface area is 105 Å². The second kappa shape index (κ2) is 3.76. The fourth-order valence-electron chi connectivity index (χ4n) is 2.75. The zero-order valence-electron chi connectivity index (χ0n) is 9.58. The van der Waals surface area contributed by atoms with Crippen molar-refractivity contribution in [1.82, 2.24) is 0 Å². The zero-order valence-corrected chi connectivity index (χ0v) is 11.2. The van der Waals surface area contributed by atoms with Crippen molar-refractivity contribution in [3.8, 4) is 5.75 Å². The van der Waals surface area contributed by atoms with Crippen LogP contribution in [0.1, 0.15) is 31.7 Å². The summed E-state index contributed by atoms with van der Waals surface area (Å²) < 4.78 is 6.01. The fourth-order valence-corrected chi connectivity index (χ4v) is 3.39. The maximum atomic E-state index is 6.01. The third kappa shape index (κ3) is 1.77. The van der Waals surface area contributed by atoms with Crippen LogP contribution in [0.4, 0.5) is 0 Å². The van der Waals surface area contributed by atoms with Crippen LogP contribution in [0, 0.1) is 5.41 Å². The third-order valence-electron chi connectivity index (χ3n) is 4.08. The number of para-hydroxylation sites is 1. The van der Waals surface area contributed by atoms with Gasteiger partial charge in [-0.1, -0.05) is 41.1 Å². The molecule has 1 aliphatic heterocycles. The zero-order chi connectivity index (χ0) is 11.2. The van der Waals surface area contributed by atoms with Gasteiger partial charge in [0.2, 0.25) is 0 Å². The lowest BCUT2D eigenvalue weighted by Crippen LogP contribution is -2.23. The van der Waals surface area contributed by atoms with Crippen molar-refractivity contribution < 1.29 is 4.74 Å². The van der Waals surface area contributed by atoms with Crippen molar-refractivity contribution in [3.63, 3.8) is 0 Å². The Balaban J connectivity index is 1.69. The molecule has 1 aromatic carbocycles. The molecule has 2 atom stereocenters. The molecule has 1 aromatic rings. The van der Waals surface area contributed by atoms with Gasteiger partial charge in [0.15, 0.2) is 0 Å². The minimum atomic E-state index is 0.403. The molecule has 86 valence electrons. The van der Waals surface area contributed by atoms with Crippen molar-refractivity contribution in [3.05, 3.63) is 29.8 Å². The van der Waals surface area contributed by atoms with E-state index in [1.54, 1.807) is 0 Å². The summed E-state index contributed by atoms with van der Waals surface area (Å²) >= 11 is 3.75. The van der Waals surface area contributed by atoms with Gasteiger partial charge < -0.3 is 4.74 Å². The van der Waals surface area contributed by atoms with Crippen LogP contribution in [0.15, 0.2) is 24.3 Å². The predicted molar refractivity (Wildman–Crippen MR) is 69.2 cm³/mol. The number of halogens is 1. The highest BCUT2D eigenvalue weighted by Gasteiger charge is 2.48. The number of alkyl halides is 1. The molecule has 1 fully saturated rings. The molecule has 1 nitrogen and oxygen atoms in total. The van der Waals surface area contributed by atoms with E-state index in [4.69, 9.17) is 4.74 Å². The van der Waals surface area contributed by atoms with E-state index in [2.05, 4.69) is 47.1 Å². The predicted octanol–water partition coefficient (Wildman–Crippen LogP) is 3.94. The Morgan fingerprint density at radius 3 is 2.81 bits per heavy atom. The average Bonchev–Trinajstić information content (AvgIpc) is 2.92. The molecule has 0 spiro atoms. The van der Waals surface area contributed by atoms with Gasteiger partial charge in [-0.2, -0.15) is 0 Å². The fraction of sp³-hybridized carbons (Fsp3) is 0.571. The first-order valence-electron chi connectivity index (χ1n) is 6.08. The van der Waals surface area contributed by atoms with Crippen molar-refractivity contribution in [2.75, 3.05) is 0 Å². The molecule has 0 N–H and O–H groups in total. The lowest BCUT2D eigenvalue weighted by molar-refractivity contribution is 0.186. The van der Waals surface area contributed by atoms with E-state index in [-0.39, 0.29) is 0 Å². The highest BCUT2D eigenvalue weighted by molar-refractivity contribution is 9.09. The van der Waals surface area contributed by atoms with E-state index >= 15 is 0 Å². The maximum absolute atomic E-state index is 6.01. The van der Waals surface area contributed by atoms with Crippen LogP contribution >= 0.6 is 15.9 Å². The van der Waals surface area contributed by atoms with Gasteiger partial charge in [-0.15, -0.1) is 0 Å². The van der Waals surface area contributed by atoms with Crippen LogP contribution < -0.4 is 4.74 Å². The first kappa shape index (κ1) is 10.6. The lowest BCUT2D eigenvalue weighted by atomic mass is 9.93. The average molecular weight is 281 g/mol. The Hall–Kier alpha value is -0.500. The summed E-state index contributed by atoms with van der Waals surface area (Å²) in [6.45, 7) is 2.27. The van der Waals surface area contributed by atoms with Crippen molar-refractivity contribution in [2.24, 2.45) is 5.41 Å². The van der Waals surface area contributed by atoms with E-state index in [9.17, 15) is 0 Å². The van der Waals surface area contributed by atoms with E-state index < -0.39 is 0 Å². The molecule has 0 radical (unpaired) electrons. The molecule has 0 amide bonds. The molecule has 16 heavy (non-hydrogen) atoms. The van der Waals surface area contributed by atoms with Gasteiger partial charge in [-0.3, -0.25) is 0 Å². The molecule has 0 bridgehead atoms. The monoisotopic (exact) mass is 280 g/mol. The van der Waals surface area contributed by atoms with Crippen LogP contribution in [0.3, 0.4) is 0 Å². The Bertz CT molecular complexity index is 370. The molecule has 3 rings (SSSR count). The topological polar surface area (TPSA) is 9.23 Å². The summed E-state index contributed by atoms with van der Waals surface area (Å²) in [6, 6.07) is 8.44. The Kier molecular flexibility index (Phi) is 2.50. The van der Waals surface area contributed by atoms with Crippen molar-refractivity contribution >= 4 is 15.9 Å². The van der Waals surface area contributed by atoms with Crippen molar-refractivity contribution in [2.45, 2.75) is 43.5 Å². The first-order valence-corrected chi connectivity index (χ1v) is 7.00. The van der Waals surface area contributed by atoms with Gasteiger partial charge in [0.1, 0.15) is 11.9 Å². The van der Waals surface area contributed by atoms with E-state index in [1.165, 1.54) is 24.8 Å². The van der Waals surface area contributed by atoms with Crippen LogP contribution in [0.5, 0.6) is 5.75 Å². The summed E-state index contributed by atoms with van der Waals surface area (Å²) in [7, 11) is 0. The normalized spacial score (nSPS) is 27.0. The molecule has 2 heteroatoms. The Morgan fingerprint density at radius 1 is 1.44 bits per heavy atom. The molecule has 0 saturated heterocycles. The van der Waals surface area contributed by atoms with Gasteiger partial charge in [0, 0.05) is 11.2 Å². The number of ether oxygens (including phenoxy) is 1. The summed E-state index contributed by atoms with van der Waals surface area (Å²) in [5, 5.41) is 0. The summed E-state index contributed by atoms with van der Waals surface area (Å²) in [6.07, 6.45) is 5.41. The van der Waals surface area contributed by atoms with E-state index in [1.807, 2.05) is 0 Å². The quantitative estimate of drug-likeness (QED) is 0.762. The van der Waals surface area contributed by atoms with Gasteiger partial charge in [-0.25, -0.2) is 0 Å². The minimum Gasteiger partial charge on any atom is -0.490 e. The third-order valence-corrected chi connectivity index (χ3v) is 5.06. The van der Waals surface area contributed by atoms with Crippen LogP contribution in [0.2, 0.25) is 0 Å². The van der Waals surface area contributed by atoms with Crippen LogP contribution in [0.25, 0.3) is 0 Å². The SMILES string of the molecule is CC(Br)C1(CC2Cc3ccccc3O2)CC1. The molecule has 2 unspecified atom stereocenters.